The Balaban J connectivity index is 1.87. The molecule has 160 valence electrons. The molecular formula is C23H29N3O4. The van der Waals surface area contributed by atoms with Gasteiger partial charge in [-0.1, -0.05) is 19.9 Å². The molecule has 7 nitrogen and oxygen atoms in total. The van der Waals surface area contributed by atoms with Crippen molar-refractivity contribution in [3.05, 3.63) is 59.7 Å². The summed E-state index contributed by atoms with van der Waals surface area (Å²) in [6.07, 6.45) is 1.61. The zero-order chi connectivity index (χ0) is 21.9. The number of amides is 2. The monoisotopic (exact) mass is 411 g/mol. The molecule has 3 N–H and O–H groups in total. The smallest absolute Gasteiger partial charge is 0.338 e. The molecule has 2 aromatic rings. The highest BCUT2D eigenvalue weighted by Crippen LogP contribution is 2.13. The van der Waals surface area contributed by atoms with E-state index in [0.29, 0.717) is 29.1 Å². The van der Waals surface area contributed by atoms with Crippen LogP contribution in [0.25, 0.3) is 0 Å². The molecule has 0 heterocycles. The van der Waals surface area contributed by atoms with Gasteiger partial charge in [0.15, 0.2) is 0 Å². The van der Waals surface area contributed by atoms with Crippen molar-refractivity contribution in [1.29, 1.82) is 0 Å². The normalized spacial score (nSPS) is 11.3. The minimum Gasteiger partial charge on any atom is -0.462 e. The van der Waals surface area contributed by atoms with Crippen LogP contribution in [0.2, 0.25) is 0 Å². The van der Waals surface area contributed by atoms with Crippen molar-refractivity contribution in [2.45, 2.75) is 39.7 Å². The maximum absolute atomic E-state index is 12.2. The average molecular weight is 412 g/mol. The van der Waals surface area contributed by atoms with Crippen LogP contribution in [0.3, 0.4) is 0 Å². The van der Waals surface area contributed by atoms with Crippen LogP contribution in [0.4, 0.5) is 11.4 Å². The summed E-state index contributed by atoms with van der Waals surface area (Å²) < 4.78 is 5.08. The lowest BCUT2D eigenvalue weighted by atomic mass is 10.1. The lowest BCUT2D eigenvalue weighted by molar-refractivity contribution is -0.114. The van der Waals surface area contributed by atoms with E-state index >= 15 is 0 Å². The summed E-state index contributed by atoms with van der Waals surface area (Å²) in [5.74, 6) is -0.782. The minimum atomic E-state index is -0.363. The van der Waals surface area contributed by atoms with Crippen molar-refractivity contribution in [2.24, 2.45) is 0 Å². The molecule has 2 aromatic carbocycles. The predicted octanol–water partition coefficient (Wildman–Crippen LogP) is 3.83. The first kappa shape index (κ1) is 22.9. The number of carbonyl (C=O) groups excluding carboxylic acids is 3. The average Bonchev–Trinajstić information content (AvgIpc) is 2.76. The standard InChI is InChI=1S/C23H29N3O4/c1-4-13-30-23(29)17-9-11-19(12-10-17)24-15-21(27)26-20-8-6-7-18(14-20)22(28)25-16(3)5-2/h6-12,14,16,24H,4-5,13,15H2,1-3H3,(H,25,28)(H,26,27). The first-order valence-corrected chi connectivity index (χ1v) is 10.1. The van der Waals surface area contributed by atoms with Crippen LogP contribution >= 0.6 is 0 Å². The molecule has 30 heavy (non-hydrogen) atoms. The summed E-state index contributed by atoms with van der Waals surface area (Å²) in [7, 11) is 0. The molecule has 1 unspecified atom stereocenters. The fourth-order valence-electron chi connectivity index (χ4n) is 2.54. The van der Waals surface area contributed by atoms with Crippen LogP contribution in [-0.4, -0.2) is 37.0 Å². The minimum absolute atomic E-state index is 0.0446. The van der Waals surface area contributed by atoms with Crippen LogP contribution in [0.5, 0.6) is 0 Å². The Kier molecular flexibility index (Phi) is 8.87. The number of ether oxygens (including phenoxy) is 1. The molecule has 0 aliphatic heterocycles. The number of carbonyl (C=O) groups is 3. The largest absolute Gasteiger partial charge is 0.462 e. The van der Waals surface area contributed by atoms with E-state index in [1.54, 1.807) is 48.5 Å². The number of nitrogens with one attached hydrogen (secondary N) is 3. The molecule has 0 aliphatic carbocycles. The predicted molar refractivity (Wildman–Crippen MR) is 118 cm³/mol. The van der Waals surface area contributed by atoms with Gasteiger partial charge < -0.3 is 20.7 Å². The Labute approximate surface area is 177 Å². The molecule has 7 heteroatoms. The fraction of sp³-hybridized carbons (Fsp3) is 0.348. The quantitative estimate of drug-likeness (QED) is 0.516. The second-order valence-corrected chi connectivity index (χ2v) is 6.98. The highest BCUT2D eigenvalue weighted by molar-refractivity contribution is 5.98. The van der Waals surface area contributed by atoms with Crippen LogP contribution in [0, 0.1) is 0 Å². The Bertz CT molecular complexity index is 865. The van der Waals surface area contributed by atoms with E-state index in [1.807, 2.05) is 20.8 Å². The Morgan fingerprint density at radius 3 is 2.37 bits per heavy atom. The number of benzene rings is 2. The van der Waals surface area contributed by atoms with E-state index in [-0.39, 0.29) is 30.4 Å². The van der Waals surface area contributed by atoms with Gasteiger partial charge in [0.2, 0.25) is 5.91 Å². The molecule has 0 spiro atoms. The lowest BCUT2D eigenvalue weighted by Crippen LogP contribution is -2.32. The van der Waals surface area contributed by atoms with Crippen molar-refractivity contribution in [2.75, 3.05) is 23.8 Å². The molecule has 1 atom stereocenters. The topological polar surface area (TPSA) is 96.5 Å². The van der Waals surface area contributed by atoms with Crippen molar-refractivity contribution < 1.29 is 19.1 Å². The third-order valence-corrected chi connectivity index (χ3v) is 4.41. The summed E-state index contributed by atoms with van der Waals surface area (Å²) in [4.78, 5) is 36.3. The van der Waals surface area contributed by atoms with Crippen LogP contribution in [0.15, 0.2) is 48.5 Å². The first-order chi connectivity index (χ1) is 14.4. The molecule has 0 saturated heterocycles. The van der Waals surface area contributed by atoms with Crippen molar-refractivity contribution in [1.82, 2.24) is 5.32 Å². The Morgan fingerprint density at radius 2 is 1.70 bits per heavy atom. The molecule has 0 radical (unpaired) electrons. The summed E-state index contributed by atoms with van der Waals surface area (Å²) in [5, 5.41) is 8.67. The molecule has 0 aromatic heterocycles. The number of esters is 1. The summed E-state index contributed by atoms with van der Waals surface area (Å²) in [5.41, 5.74) is 2.21. The molecule has 0 saturated carbocycles. The molecular weight excluding hydrogens is 382 g/mol. The van der Waals surface area contributed by atoms with Gasteiger partial charge >= 0.3 is 5.97 Å². The first-order valence-electron chi connectivity index (χ1n) is 10.1. The van der Waals surface area contributed by atoms with Gasteiger partial charge in [-0.05, 0) is 62.2 Å². The Morgan fingerprint density at radius 1 is 0.967 bits per heavy atom. The molecule has 2 rings (SSSR count). The van der Waals surface area contributed by atoms with Crippen LogP contribution in [-0.2, 0) is 9.53 Å². The third-order valence-electron chi connectivity index (χ3n) is 4.41. The molecule has 0 aliphatic rings. The van der Waals surface area contributed by atoms with E-state index in [9.17, 15) is 14.4 Å². The second-order valence-electron chi connectivity index (χ2n) is 6.98. The summed E-state index contributed by atoms with van der Waals surface area (Å²) in [6, 6.07) is 13.6. The number of anilines is 2. The van der Waals surface area contributed by atoms with E-state index in [1.165, 1.54) is 0 Å². The van der Waals surface area contributed by atoms with Crippen molar-refractivity contribution in [3.8, 4) is 0 Å². The third kappa shape index (κ3) is 7.24. The van der Waals surface area contributed by atoms with E-state index < -0.39 is 0 Å². The van der Waals surface area contributed by atoms with E-state index in [2.05, 4.69) is 16.0 Å². The zero-order valence-corrected chi connectivity index (χ0v) is 17.7. The summed E-state index contributed by atoms with van der Waals surface area (Å²) in [6.45, 7) is 6.31. The summed E-state index contributed by atoms with van der Waals surface area (Å²) >= 11 is 0. The molecule has 2 amide bonds. The van der Waals surface area contributed by atoms with Gasteiger partial charge in [-0.2, -0.15) is 0 Å². The lowest BCUT2D eigenvalue weighted by Gasteiger charge is -2.12. The van der Waals surface area contributed by atoms with Gasteiger partial charge in [-0.15, -0.1) is 0 Å². The van der Waals surface area contributed by atoms with Crippen LogP contribution < -0.4 is 16.0 Å². The van der Waals surface area contributed by atoms with Gasteiger partial charge in [0.05, 0.1) is 18.7 Å². The zero-order valence-electron chi connectivity index (χ0n) is 17.7. The number of rotatable bonds is 10. The van der Waals surface area contributed by atoms with Crippen molar-refractivity contribution in [3.63, 3.8) is 0 Å². The van der Waals surface area contributed by atoms with E-state index in [4.69, 9.17) is 4.74 Å². The Hall–Kier alpha value is -3.35. The van der Waals surface area contributed by atoms with Gasteiger partial charge in [0, 0.05) is 23.0 Å². The maximum Gasteiger partial charge on any atom is 0.338 e. The van der Waals surface area contributed by atoms with Gasteiger partial charge in [-0.3, -0.25) is 9.59 Å². The number of hydrogen-bond donors (Lipinski definition) is 3. The maximum atomic E-state index is 12.2. The van der Waals surface area contributed by atoms with E-state index in [0.717, 1.165) is 12.8 Å². The highest BCUT2D eigenvalue weighted by atomic mass is 16.5. The fourth-order valence-corrected chi connectivity index (χ4v) is 2.54. The molecule has 0 bridgehead atoms. The van der Waals surface area contributed by atoms with Gasteiger partial charge in [0.1, 0.15) is 0 Å². The highest BCUT2D eigenvalue weighted by Gasteiger charge is 2.10. The van der Waals surface area contributed by atoms with Crippen molar-refractivity contribution >= 4 is 29.2 Å². The van der Waals surface area contributed by atoms with Crippen LogP contribution in [0.1, 0.15) is 54.3 Å². The van der Waals surface area contributed by atoms with Gasteiger partial charge in [0.25, 0.3) is 5.91 Å². The molecule has 0 fully saturated rings. The SMILES string of the molecule is CCCOC(=O)c1ccc(NCC(=O)Nc2cccc(C(=O)NC(C)CC)c2)cc1. The second kappa shape index (κ2) is 11.6. The number of hydrogen-bond acceptors (Lipinski definition) is 5. The van der Waals surface area contributed by atoms with Gasteiger partial charge in [-0.25, -0.2) is 4.79 Å².